The number of hydrogen-bond donors (Lipinski definition) is 4. The Morgan fingerprint density at radius 2 is 1.67 bits per heavy atom. The van der Waals surface area contributed by atoms with E-state index in [4.69, 9.17) is 0 Å². The molecule has 0 radical (unpaired) electrons. The van der Waals surface area contributed by atoms with Crippen molar-refractivity contribution in [2.75, 3.05) is 31.5 Å². The van der Waals surface area contributed by atoms with Gasteiger partial charge in [0.2, 0.25) is 11.8 Å². The van der Waals surface area contributed by atoms with E-state index in [1.54, 1.807) is 24.2 Å². The van der Waals surface area contributed by atoms with E-state index in [0.717, 1.165) is 49.7 Å². The van der Waals surface area contributed by atoms with Crippen LogP contribution in [-0.2, 0) is 29.5 Å². The number of aromatic nitrogens is 2. The summed E-state index contributed by atoms with van der Waals surface area (Å²) in [5.41, 5.74) is 2.97. The van der Waals surface area contributed by atoms with Gasteiger partial charge in [-0.25, -0.2) is 4.79 Å². The zero-order chi connectivity index (χ0) is 34.8. The largest absolute Gasteiger partial charge is 0.465 e. The second-order valence-corrected chi connectivity index (χ2v) is 13.2. The summed E-state index contributed by atoms with van der Waals surface area (Å²) in [6, 6.07) is 17.4. The minimum atomic E-state index is -0.971. The van der Waals surface area contributed by atoms with Gasteiger partial charge in [0.15, 0.2) is 0 Å². The van der Waals surface area contributed by atoms with Crippen molar-refractivity contribution in [2.45, 2.75) is 76.4 Å². The number of carbonyl (C=O) groups is 4. The van der Waals surface area contributed by atoms with Gasteiger partial charge in [-0.2, -0.15) is 5.10 Å². The minimum Gasteiger partial charge on any atom is -0.465 e. The summed E-state index contributed by atoms with van der Waals surface area (Å²) in [6.07, 6.45) is 7.36. The molecule has 2 heterocycles. The summed E-state index contributed by atoms with van der Waals surface area (Å²) in [7, 11) is 1.70. The van der Waals surface area contributed by atoms with Crippen molar-refractivity contribution in [3.63, 3.8) is 0 Å². The number of benzene rings is 2. The van der Waals surface area contributed by atoms with E-state index in [9.17, 15) is 24.3 Å². The van der Waals surface area contributed by atoms with E-state index in [1.807, 2.05) is 61.5 Å². The average molecular weight is 672 g/mol. The standard InChI is InChI=1S/C37H49N7O5/c1-3-19-38-31(36(47)43-21-22-44(37(48)49)30(25-43)23-26-10-6-4-7-11-26)24-27-14-16-29(17-15-27)40-35(46)33(28-12-8-5-9-13-28)41-34(45)32-18-20-39-42(32)2/h4,6-7,10-11,14-18,20,28,30-31,33,38H,3,5,8-9,12-13,19,21-25H2,1-2H3,(H,40,46)(H,41,45)(H,48,49)/t30-,31+,33-/m0/s1. The monoisotopic (exact) mass is 671 g/mol. The molecular weight excluding hydrogens is 622 g/mol. The normalized spacial score (nSPS) is 18.0. The van der Waals surface area contributed by atoms with Crippen LogP contribution in [0.15, 0.2) is 66.9 Å². The molecule has 0 bridgehead atoms. The first kappa shape index (κ1) is 35.6. The number of piperazine rings is 1. The summed E-state index contributed by atoms with van der Waals surface area (Å²) in [5.74, 6) is -0.579. The Labute approximate surface area is 288 Å². The number of anilines is 1. The molecule has 0 unspecified atom stereocenters. The molecule has 0 spiro atoms. The lowest BCUT2D eigenvalue weighted by Crippen LogP contribution is -2.60. The average Bonchev–Trinajstić information content (AvgIpc) is 3.55. The third kappa shape index (κ3) is 9.47. The minimum absolute atomic E-state index is 0.0475. The Morgan fingerprint density at radius 3 is 2.33 bits per heavy atom. The first-order valence-corrected chi connectivity index (χ1v) is 17.5. The van der Waals surface area contributed by atoms with Gasteiger partial charge in [-0.1, -0.05) is 68.7 Å². The lowest BCUT2D eigenvalue weighted by atomic mass is 9.83. The van der Waals surface area contributed by atoms with E-state index in [-0.39, 0.29) is 36.2 Å². The van der Waals surface area contributed by atoms with Crippen LogP contribution in [0.25, 0.3) is 0 Å². The van der Waals surface area contributed by atoms with E-state index >= 15 is 0 Å². The first-order chi connectivity index (χ1) is 23.7. The van der Waals surface area contributed by atoms with Crippen LogP contribution < -0.4 is 16.0 Å². The number of hydrogen-bond acceptors (Lipinski definition) is 6. The molecule has 2 aliphatic rings. The van der Waals surface area contributed by atoms with Gasteiger partial charge in [-0.3, -0.25) is 19.1 Å². The molecule has 12 nitrogen and oxygen atoms in total. The number of amides is 4. The van der Waals surface area contributed by atoms with Gasteiger partial charge in [0, 0.05) is 38.6 Å². The molecule has 262 valence electrons. The van der Waals surface area contributed by atoms with Crippen LogP contribution in [-0.4, -0.2) is 92.8 Å². The van der Waals surface area contributed by atoms with Crippen LogP contribution >= 0.6 is 0 Å². The second kappa shape index (κ2) is 17.1. The van der Waals surface area contributed by atoms with Crippen LogP contribution in [0.4, 0.5) is 10.5 Å². The van der Waals surface area contributed by atoms with Gasteiger partial charge in [0.05, 0.1) is 12.1 Å². The number of nitrogens with one attached hydrogen (secondary N) is 3. The number of nitrogens with zero attached hydrogens (tertiary/aromatic N) is 4. The summed E-state index contributed by atoms with van der Waals surface area (Å²) in [4.78, 5) is 55.8. The summed E-state index contributed by atoms with van der Waals surface area (Å²) >= 11 is 0. The van der Waals surface area contributed by atoms with Crippen molar-refractivity contribution in [3.05, 3.63) is 83.7 Å². The molecule has 1 saturated carbocycles. The molecule has 2 aromatic carbocycles. The van der Waals surface area contributed by atoms with Crippen LogP contribution in [0, 0.1) is 5.92 Å². The van der Waals surface area contributed by atoms with Crippen molar-refractivity contribution < 1.29 is 24.3 Å². The predicted molar refractivity (Wildman–Crippen MR) is 187 cm³/mol. The summed E-state index contributed by atoms with van der Waals surface area (Å²) in [6.45, 7) is 3.64. The first-order valence-electron chi connectivity index (χ1n) is 17.5. The molecule has 1 aliphatic heterocycles. The summed E-state index contributed by atoms with van der Waals surface area (Å²) < 4.78 is 1.50. The Bertz CT molecular complexity index is 1550. The van der Waals surface area contributed by atoms with Crippen molar-refractivity contribution in [1.29, 1.82) is 0 Å². The molecule has 1 aliphatic carbocycles. The Morgan fingerprint density at radius 1 is 0.939 bits per heavy atom. The third-order valence-electron chi connectivity index (χ3n) is 9.70. The fourth-order valence-corrected chi connectivity index (χ4v) is 7.01. The number of aryl methyl sites for hydroxylation is 1. The van der Waals surface area contributed by atoms with Crippen LogP contribution in [0.1, 0.15) is 67.1 Å². The highest BCUT2D eigenvalue weighted by molar-refractivity contribution is 6.00. The highest BCUT2D eigenvalue weighted by Gasteiger charge is 2.35. The van der Waals surface area contributed by atoms with Crippen molar-refractivity contribution in [1.82, 2.24) is 30.2 Å². The van der Waals surface area contributed by atoms with E-state index < -0.39 is 18.2 Å². The Kier molecular flexibility index (Phi) is 12.4. The quantitative estimate of drug-likeness (QED) is 0.214. The number of rotatable bonds is 13. The molecule has 5 rings (SSSR count). The molecule has 12 heteroatoms. The highest BCUT2D eigenvalue weighted by atomic mass is 16.4. The van der Waals surface area contributed by atoms with E-state index in [1.165, 1.54) is 9.58 Å². The van der Waals surface area contributed by atoms with Gasteiger partial charge >= 0.3 is 6.09 Å². The van der Waals surface area contributed by atoms with Gasteiger partial charge in [0.25, 0.3) is 5.91 Å². The zero-order valence-electron chi connectivity index (χ0n) is 28.5. The molecule has 4 N–H and O–H groups in total. The maximum atomic E-state index is 13.9. The SMILES string of the molecule is CCCN[C@H](Cc1ccc(NC(=O)[C@@H](NC(=O)c2ccnn2C)C2CCCCC2)cc1)C(=O)N1CCN(C(=O)O)[C@@H](Cc2ccccc2)C1. The molecule has 4 amide bonds. The Hall–Kier alpha value is -4.71. The maximum absolute atomic E-state index is 13.9. The van der Waals surface area contributed by atoms with Crippen LogP contribution in [0.2, 0.25) is 0 Å². The van der Waals surface area contributed by atoms with Gasteiger partial charge < -0.3 is 30.9 Å². The maximum Gasteiger partial charge on any atom is 0.407 e. The second-order valence-electron chi connectivity index (χ2n) is 13.2. The third-order valence-corrected chi connectivity index (χ3v) is 9.70. The molecule has 3 atom stereocenters. The van der Waals surface area contributed by atoms with Crippen LogP contribution in [0.3, 0.4) is 0 Å². The summed E-state index contributed by atoms with van der Waals surface area (Å²) in [5, 5.41) is 23.3. The molecular formula is C37H49N7O5. The number of carboxylic acid groups (broad SMARTS) is 1. The lowest BCUT2D eigenvalue weighted by molar-refractivity contribution is -0.136. The van der Waals surface area contributed by atoms with Gasteiger partial charge in [-0.15, -0.1) is 0 Å². The topological polar surface area (TPSA) is 149 Å². The zero-order valence-corrected chi connectivity index (χ0v) is 28.5. The van der Waals surface area contributed by atoms with Crippen molar-refractivity contribution in [3.8, 4) is 0 Å². The molecule has 49 heavy (non-hydrogen) atoms. The van der Waals surface area contributed by atoms with Crippen molar-refractivity contribution >= 4 is 29.5 Å². The van der Waals surface area contributed by atoms with E-state index in [0.29, 0.717) is 43.9 Å². The molecule has 2 fully saturated rings. The van der Waals surface area contributed by atoms with E-state index in [2.05, 4.69) is 21.0 Å². The lowest BCUT2D eigenvalue weighted by Gasteiger charge is -2.41. The number of carbonyl (C=O) groups excluding carboxylic acids is 3. The fraction of sp³-hybridized carbons (Fsp3) is 0.486. The molecule has 3 aromatic rings. The van der Waals surface area contributed by atoms with Crippen LogP contribution in [0.5, 0.6) is 0 Å². The van der Waals surface area contributed by atoms with Gasteiger partial charge in [0.1, 0.15) is 11.7 Å². The fourth-order valence-electron chi connectivity index (χ4n) is 7.01. The molecule has 1 aromatic heterocycles. The van der Waals surface area contributed by atoms with Crippen molar-refractivity contribution in [2.24, 2.45) is 13.0 Å². The Balaban J connectivity index is 1.24. The highest BCUT2D eigenvalue weighted by Crippen LogP contribution is 2.28. The van der Waals surface area contributed by atoms with Gasteiger partial charge in [-0.05, 0) is 73.9 Å². The smallest absolute Gasteiger partial charge is 0.407 e. The predicted octanol–water partition coefficient (Wildman–Crippen LogP) is 4.08. The molecule has 1 saturated heterocycles.